The third-order valence-corrected chi connectivity index (χ3v) is 4.72. The Morgan fingerprint density at radius 3 is 2.93 bits per heavy atom. The molecule has 4 rings (SSSR count). The minimum atomic E-state index is -1.36. The van der Waals surface area contributed by atoms with Crippen molar-refractivity contribution in [2.24, 2.45) is 5.10 Å². The maximum atomic E-state index is 11.6. The molecule has 154 valence electrons. The first kappa shape index (κ1) is 19.2. The Labute approximate surface area is 165 Å². The number of rotatable bonds is 5. The largest absolute Gasteiger partial charge is 0.501 e. The number of allylic oxidation sites excluding steroid dienone is 1. The lowest BCUT2D eigenvalue weighted by Gasteiger charge is -2.16. The number of Topliss-reactive ketones (excluding diaryl/α,β-unsaturated/α-hetero) is 1. The zero-order valence-electron chi connectivity index (χ0n) is 15.6. The topological polar surface area (TPSA) is 170 Å². The molecule has 0 amide bonds. The number of hydrazone groups is 1. The number of aromatic nitrogens is 4. The van der Waals surface area contributed by atoms with E-state index in [0.29, 0.717) is 12.1 Å². The molecule has 0 bridgehead atoms. The average Bonchev–Trinajstić information content (AvgIpc) is 3.25. The maximum absolute atomic E-state index is 11.6. The van der Waals surface area contributed by atoms with Crippen LogP contribution in [0, 0.1) is 0 Å². The van der Waals surface area contributed by atoms with Crippen LogP contribution in [0.2, 0.25) is 0 Å². The first-order chi connectivity index (χ1) is 14.0. The summed E-state index contributed by atoms with van der Waals surface area (Å²) in [6.45, 7) is 1.97. The van der Waals surface area contributed by atoms with E-state index < -0.39 is 30.3 Å². The number of fused-ring (bicyclic) bond motifs is 1. The number of nitrogens with one attached hydrogen (secondary N) is 1. The van der Waals surface area contributed by atoms with Crippen molar-refractivity contribution in [2.45, 2.75) is 44.3 Å². The minimum Gasteiger partial charge on any atom is -0.501 e. The zero-order valence-corrected chi connectivity index (χ0v) is 15.6. The van der Waals surface area contributed by atoms with Gasteiger partial charge in [0.15, 0.2) is 23.5 Å². The molecular weight excluding hydrogens is 382 g/mol. The fraction of sp³-hybridized carbons (Fsp3) is 0.471. The average molecular weight is 403 g/mol. The van der Waals surface area contributed by atoms with Gasteiger partial charge in [0.05, 0.1) is 25.4 Å². The summed E-state index contributed by atoms with van der Waals surface area (Å²) >= 11 is 0. The van der Waals surface area contributed by atoms with Crippen molar-refractivity contribution in [2.75, 3.05) is 17.8 Å². The Morgan fingerprint density at radius 1 is 1.41 bits per heavy atom. The second-order valence-corrected chi connectivity index (χ2v) is 6.83. The molecule has 2 aromatic heterocycles. The van der Waals surface area contributed by atoms with Crippen molar-refractivity contribution >= 4 is 34.9 Å². The van der Waals surface area contributed by atoms with Gasteiger partial charge in [0.2, 0.25) is 5.95 Å². The lowest BCUT2D eigenvalue weighted by molar-refractivity contribution is -0.133. The molecule has 2 aliphatic rings. The number of ketones is 1. The van der Waals surface area contributed by atoms with Gasteiger partial charge in [0, 0.05) is 5.57 Å². The molecule has 0 spiro atoms. The third kappa shape index (κ3) is 3.64. The predicted octanol–water partition coefficient (Wildman–Crippen LogP) is -0.291. The van der Waals surface area contributed by atoms with Crippen LogP contribution in [0.15, 0.2) is 23.3 Å². The number of nitrogens with zero attached hydrogens (tertiary/aromatic N) is 5. The van der Waals surface area contributed by atoms with E-state index in [0.717, 1.165) is 18.4 Å². The van der Waals surface area contributed by atoms with Gasteiger partial charge in [0.25, 0.3) is 0 Å². The van der Waals surface area contributed by atoms with Crippen LogP contribution < -0.4 is 11.2 Å². The van der Waals surface area contributed by atoms with Gasteiger partial charge >= 0.3 is 0 Å². The highest BCUT2D eigenvalue weighted by atomic mass is 16.6. The van der Waals surface area contributed by atoms with Crippen LogP contribution in [-0.4, -0.2) is 66.6 Å². The number of carbonyl (C=O) groups excluding carboxylic acids is 1. The number of anilines is 2. The van der Waals surface area contributed by atoms with Gasteiger partial charge in [-0.15, -0.1) is 0 Å². The standard InChI is InChI=1S/C17H21N7O5/c1-8(25)13-11(26)12(27)16(29-13)24-7-19-10-14(18)21-17(22-15(10)24)23-20-5-9-3-2-4-28-6-9/h5-7,11-13,16,26-27H,2-4H2,1H3,(H3,18,21,22,23)/b20-5+/t11-,12+,13+,16+/m0/s1. The number of aliphatic hydroxyl groups is 2. The third-order valence-electron chi connectivity index (χ3n) is 4.72. The summed E-state index contributed by atoms with van der Waals surface area (Å²) in [5.74, 6) is -0.181. The number of nitrogen functional groups attached to an aromatic ring is 1. The Bertz CT molecular complexity index is 988. The number of imidazole rings is 1. The highest BCUT2D eigenvalue weighted by molar-refractivity contribution is 5.84. The van der Waals surface area contributed by atoms with E-state index in [2.05, 4.69) is 25.5 Å². The normalized spacial score (nSPS) is 27.2. The van der Waals surface area contributed by atoms with Crippen molar-refractivity contribution in [3.05, 3.63) is 18.2 Å². The molecule has 12 nitrogen and oxygen atoms in total. The molecule has 12 heteroatoms. The molecule has 2 aromatic rings. The highest BCUT2D eigenvalue weighted by Gasteiger charge is 2.46. The van der Waals surface area contributed by atoms with E-state index in [4.69, 9.17) is 15.2 Å². The number of aliphatic hydroxyl groups excluding tert-OH is 2. The summed E-state index contributed by atoms with van der Waals surface area (Å²) in [7, 11) is 0. The Hall–Kier alpha value is -3.09. The Kier molecular flexibility index (Phi) is 5.13. The van der Waals surface area contributed by atoms with Crippen molar-refractivity contribution in [3.63, 3.8) is 0 Å². The van der Waals surface area contributed by atoms with Gasteiger partial charge < -0.3 is 25.4 Å². The molecule has 0 saturated carbocycles. The SMILES string of the molecule is CC(=O)[C@H]1O[C@@H](n2cnc3c(N)nc(N/N=C/C4=COCCC4)nc32)[C@H](O)[C@@H]1O. The second-order valence-electron chi connectivity index (χ2n) is 6.83. The first-order valence-electron chi connectivity index (χ1n) is 9.07. The zero-order chi connectivity index (χ0) is 20.5. The molecule has 0 aromatic carbocycles. The van der Waals surface area contributed by atoms with Crippen molar-refractivity contribution in [1.82, 2.24) is 19.5 Å². The van der Waals surface area contributed by atoms with Crippen LogP contribution in [0.5, 0.6) is 0 Å². The summed E-state index contributed by atoms with van der Waals surface area (Å²) in [5.41, 5.74) is 10.1. The molecule has 4 atom stereocenters. The van der Waals surface area contributed by atoms with Gasteiger partial charge in [-0.1, -0.05) is 0 Å². The number of carbonyl (C=O) groups is 1. The Balaban J connectivity index is 1.61. The molecule has 4 heterocycles. The predicted molar refractivity (Wildman–Crippen MR) is 102 cm³/mol. The van der Waals surface area contributed by atoms with Crippen LogP contribution >= 0.6 is 0 Å². The number of hydrogen-bond acceptors (Lipinski definition) is 11. The molecule has 0 radical (unpaired) electrons. The van der Waals surface area contributed by atoms with Gasteiger partial charge in [-0.2, -0.15) is 15.1 Å². The van der Waals surface area contributed by atoms with E-state index in [9.17, 15) is 15.0 Å². The van der Waals surface area contributed by atoms with Crippen LogP contribution in [-0.2, 0) is 14.3 Å². The summed E-state index contributed by atoms with van der Waals surface area (Å²) in [5, 5.41) is 24.5. The van der Waals surface area contributed by atoms with Crippen molar-refractivity contribution in [1.29, 1.82) is 0 Å². The minimum absolute atomic E-state index is 0.0998. The molecule has 1 fully saturated rings. The quantitative estimate of drug-likeness (QED) is 0.384. The van der Waals surface area contributed by atoms with E-state index in [1.54, 1.807) is 12.5 Å². The van der Waals surface area contributed by atoms with Gasteiger partial charge in [0.1, 0.15) is 23.8 Å². The van der Waals surface area contributed by atoms with E-state index in [1.807, 2.05) is 0 Å². The van der Waals surface area contributed by atoms with Crippen molar-refractivity contribution < 1.29 is 24.5 Å². The number of hydrogen-bond donors (Lipinski definition) is 4. The lowest BCUT2D eigenvalue weighted by atomic mass is 10.1. The van der Waals surface area contributed by atoms with Crippen LogP contribution in [0.25, 0.3) is 11.2 Å². The van der Waals surface area contributed by atoms with Crippen molar-refractivity contribution in [3.8, 4) is 0 Å². The van der Waals surface area contributed by atoms with Gasteiger partial charge in [-0.25, -0.2) is 10.4 Å². The first-order valence-corrected chi connectivity index (χ1v) is 9.07. The molecule has 0 aliphatic carbocycles. The second kappa shape index (κ2) is 7.73. The molecular formula is C17H21N7O5. The summed E-state index contributed by atoms with van der Waals surface area (Å²) < 4.78 is 12.2. The highest BCUT2D eigenvalue weighted by Crippen LogP contribution is 2.32. The lowest BCUT2D eigenvalue weighted by Crippen LogP contribution is -2.34. The molecule has 29 heavy (non-hydrogen) atoms. The van der Waals surface area contributed by atoms with E-state index in [-0.39, 0.29) is 17.4 Å². The molecule has 2 aliphatic heterocycles. The summed E-state index contributed by atoms with van der Waals surface area (Å²) in [6, 6.07) is 0. The Morgan fingerprint density at radius 2 is 2.24 bits per heavy atom. The smallest absolute Gasteiger partial charge is 0.247 e. The fourth-order valence-corrected chi connectivity index (χ4v) is 3.25. The number of nitrogens with two attached hydrogens (primary N) is 1. The molecule has 5 N–H and O–H groups in total. The molecule has 0 unspecified atom stereocenters. The fourth-order valence-electron chi connectivity index (χ4n) is 3.25. The van der Waals surface area contributed by atoms with E-state index >= 15 is 0 Å². The van der Waals surface area contributed by atoms with Crippen LogP contribution in [0.1, 0.15) is 26.0 Å². The summed E-state index contributed by atoms with van der Waals surface area (Å²) in [6.07, 6.45) is 1.50. The number of ether oxygens (including phenoxy) is 2. The van der Waals surface area contributed by atoms with E-state index in [1.165, 1.54) is 17.8 Å². The molecule has 1 saturated heterocycles. The van der Waals surface area contributed by atoms with Crippen LogP contribution in [0.4, 0.5) is 11.8 Å². The van der Waals surface area contributed by atoms with Crippen LogP contribution in [0.3, 0.4) is 0 Å². The summed E-state index contributed by atoms with van der Waals surface area (Å²) in [4.78, 5) is 24.2. The van der Waals surface area contributed by atoms with Gasteiger partial charge in [-0.05, 0) is 19.8 Å². The monoisotopic (exact) mass is 403 g/mol. The van der Waals surface area contributed by atoms with Gasteiger partial charge in [-0.3, -0.25) is 9.36 Å². The maximum Gasteiger partial charge on any atom is 0.247 e.